The molecule has 6 nitrogen and oxygen atoms in total. The van der Waals surface area contributed by atoms with E-state index >= 15 is 0 Å². The number of carbonyl (C=O) groups is 1. The van der Waals surface area contributed by atoms with Gasteiger partial charge in [0.05, 0.1) is 5.69 Å². The van der Waals surface area contributed by atoms with Crippen molar-refractivity contribution in [3.05, 3.63) is 91.0 Å². The maximum absolute atomic E-state index is 11.3. The molecule has 0 aliphatic heterocycles. The van der Waals surface area contributed by atoms with E-state index < -0.39 is 0 Å². The molecule has 3 aromatic carbocycles. The van der Waals surface area contributed by atoms with Crippen LogP contribution >= 0.6 is 0 Å². The zero-order valence-electron chi connectivity index (χ0n) is 16.5. The molecule has 1 aromatic heterocycles. The monoisotopic (exact) mass is 395 g/mol. The van der Waals surface area contributed by atoms with E-state index in [0.29, 0.717) is 17.5 Å². The lowest BCUT2D eigenvalue weighted by atomic mass is 10.1. The van der Waals surface area contributed by atoms with Crippen molar-refractivity contribution in [3.8, 4) is 11.3 Å². The lowest BCUT2D eigenvalue weighted by molar-refractivity contribution is -0.114. The first-order valence-electron chi connectivity index (χ1n) is 9.57. The minimum atomic E-state index is -0.116. The fraction of sp³-hybridized carbons (Fsp3) is 0.0417. The Kier molecular flexibility index (Phi) is 5.66. The molecule has 4 aromatic rings. The van der Waals surface area contributed by atoms with Gasteiger partial charge in [0.1, 0.15) is 5.82 Å². The summed E-state index contributed by atoms with van der Waals surface area (Å²) in [4.78, 5) is 20.6. The summed E-state index contributed by atoms with van der Waals surface area (Å²) in [5.74, 6) is 1.01. The number of nitrogens with one attached hydrogen (secondary N) is 3. The third-order valence-corrected chi connectivity index (χ3v) is 4.28. The Hall–Kier alpha value is -4.19. The highest BCUT2D eigenvalue weighted by atomic mass is 16.1. The van der Waals surface area contributed by atoms with Crippen molar-refractivity contribution in [2.75, 3.05) is 16.0 Å². The normalized spacial score (nSPS) is 10.3. The third kappa shape index (κ3) is 4.99. The van der Waals surface area contributed by atoms with Gasteiger partial charge >= 0.3 is 0 Å². The van der Waals surface area contributed by atoms with E-state index in [1.807, 2.05) is 91.0 Å². The highest BCUT2D eigenvalue weighted by Crippen LogP contribution is 2.26. The van der Waals surface area contributed by atoms with E-state index in [2.05, 4.69) is 25.9 Å². The SMILES string of the molecule is CC(=O)Nc1cccc(Nc2cc(-c3ccccc3)nc(Nc3ccccc3)n2)c1. The van der Waals surface area contributed by atoms with E-state index in [0.717, 1.165) is 22.6 Å². The molecule has 30 heavy (non-hydrogen) atoms. The number of hydrogen-bond donors (Lipinski definition) is 3. The molecule has 0 bridgehead atoms. The van der Waals surface area contributed by atoms with Gasteiger partial charge in [0.25, 0.3) is 0 Å². The summed E-state index contributed by atoms with van der Waals surface area (Å²) in [6, 6.07) is 29.1. The molecule has 0 unspecified atom stereocenters. The Morgan fingerprint density at radius 3 is 2.10 bits per heavy atom. The Labute approximate surface area is 175 Å². The van der Waals surface area contributed by atoms with Gasteiger partial charge in [0, 0.05) is 35.6 Å². The Balaban J connectivity index is 1.68. The number of benzene rings is 3. The lowest BCUT2D eigenvalue weighted by Gasteiger charge is -2.12. The van der Waals surface area contributed by atoms with Gasteiger partial charge < -0.3 is 16.0 Å². The van der Waals surface area contributed by atoms with E-state index in [4.69, 9.17) is 0 Å². The largest absolute Gasteiger partial charge is 0.340 e. The zero-order chi connectivity index (χ0) is 20.8. The average Bonchev–Trinajstić information content (AvgIpc) is 2.75. The molecule has 0 radical (unpaired) electrons. The second-order valence-electron chi connectivity index (χ2n) is 6.71. The maximum Gasteiger partial charge on any atom is 0.229 e. The van der Waals surface area contributed by atoms with Crippen LogP contribution < -0.4 is 16.0 Å². The van der Waals surface area contributed by atoms with E-state index in [9.17, 15) is 4.79 Å². The number of rotatable bonds is 6. The molecule has 0 aliphatic carbocycles. The first kappa shape index (κ1) is 19.1. The van der Waals surface area contributed by atoms with Crippen LogP contribution in [0.4, 0.5) is 28.8 Å². The molecule has 4 rings (SSSR count). The summed E-state index contributed by atoms with van der Waals surface area (Å²) in [5.41, 5.74) is 4.22. The van der Waals surface area contributed by atoms with Crippen molar-refractivity contribution >= 4 is 34.7 Å². The van der Waals surface area contributed by atoms with Crippen LogP contribution in [-0.4, -0.2) is 15.9 Å². The molecular weight excluding hydrogens is 374 g/mol. The summed E-state index contributed by atoms with van der Waals surface area (Å²) in [7, 11) is 0. The average molecular weight is 395 g/mol. The standard InChI is InChI=1S/C24H21N5O/c1-17(30)25-20-13-8-14-21(15-20)26-23-16-22(18-9-4-2-5-10-18)28-24(29-23)27-19-11-6-3-7-12-19/h2-16H,1H3,(H,25,30)(H2,26,27,28,29). The molecule has 1 heterocycles. The van der Waals surface area contributed by atoms with Crippen molar-refractivity contribution in [3.63, 3.8) is 0 Å². The minimum Gasteiger partial charge on any atom is -0.340 e. The minimum absolute atomic E-state index is 0.116. The maximum atomic E-state index is 11.3. The van der Waals surface area contributed by atoms with Gasteiger partial charge in [-0.25, -0.2) is 4.98 Å². The Morgan fingerprint density at radius 2 is 1.37 bits per heavy atom. The van der Waals surface area contributed by atoms with Crippen LogP contribution in [-0.2, 0) is 4.79 Å². The van der Waals surface area contributed by atoms with Gasteiger partial charge in [-0.3, -0.25) is 4.79 Å². The molecule has 0 atom stereocenters. The van der Waals surface area contributed by atoms with Crippen molar-refractivity contribution in [1.82, 2.24) is 9.97 Å². The Morgan fingerprint density at radius 1 is 0.700 bits per heavy atom. The summed E-state index contributed by atoms with van der Waals surface area (Å²) < 4.78 is 0. The summed E-state index contributed by atoms with van der Waals surface area (Å²) >= 11 is 0. The summed E-state index contributed by atoms with van der Waals surface area (Å²) in [6.07, 6.45) is 0. The van der Waals surface area contributed by atoms with Crippen molar-refractivity contribution in [1.29, 1.82) is 0 Å². The van der Waals surface area contributed by atoms with Gasteiger partial charge in [0.2, 0.25) is 11.9 Å². The predicted molar refractivity (Wildman–Crippen MR) is 121 cm³/mol. The molecule has 6 heteroatoms. The fourth-order valence-corrected chi connectivity index (χ4v) is 3.00. The number of para-hydroxylation sites is 1. The first-order chi connectivity index (χ1) is 14.7. The number of anilines is 5. The number of carbonyl (C=O) groups excluding carboxylic acids is 1. The molecule has 0 aliphatic rings. The third-order valence-electron chi connectivity index (χ3n) is 4.28. The second-order valence-corrected chi connectivity index (χ2v) is 6.71. The molecule has 0 spiro atoms. The van der Waals surface area contributed by atoms with Crippen LogP contribution in [0.5, 0.6) is 0 Å². The smallest absolute Gasteiger partial charge is 0.229 e. The molecular formula is C24H21N5O. The van der Waals surface area contributed by atoms with Crippen LogP contribution in [0.2, 0.25) is 0 Å². The van der Waals surface area contributed by atoms with E-state index in [1.54, 1.807) is 0 Å². The van der Waals surface area contributed by atoms with Gasteiger partial charge in [-0.05, 0) is 30.3 Å². The number of aromatic nitrogens is 2. The highest BCUT2D eigenvalue weighted by Gasteiger charge is 2.08. The van der Waals surface area contributed by atoms with Gasteiger partial charge in [-0.1, -0.05) is 54.6 Å². The summed E-state index contributed by atoms with van der Waals surface area (Å²) in [5, 5.41) is 9.36. The van der Waals surface area contributed by atoms with Crippen LogP contribution in [0.3, 0.4) is 0 Å². The van der Waals surface area contributed by atoms with Gasteiger partial charge in [0.15, 0.2) is 0 Å². The summed E-state index contributed by atoms with van der Waals surface area (Å²) in [6.45, 7) is 1.48. The van der Waals surface area contributed by atoms with Crippen LogP contribution in [0.15, 0.2) is 91.0 Å². The van der Waals surface area contributed by atoms with Crippen molar-refractivity contribution in [2.24, 2.45) is 0 Å². The molecule has 0 saturated heterocycles. The van der Waals surface area contributed by atoms with E-state index in [-0.39, 0.29) is 5.91 Å². The van der Waals surface area contributed by atoms with Crippen molar-refractivity contribution < 1.29 is 4.79 Å². The number of hydrogen-bond acceptors (Lipinski definition) is 5. The topological polar surface area (TPSA) is 78.9 Å². The zero-order valence-corrected chi connectivity index (χ0v) is 16.5. The molecule has 0 saturated carbocycles. The predicted octanol–water partition coefficient (Wildman–Crippen LogP) is 5.59. The molecule has 0 fully saturated rings. The van der Waals surface area contributed by atoms with Gasteiger partial charge in [-0.2, -0.15) is 4.98 Å². The van der Waals surface area contributed by atoms with Crippen LogP contribution in [0, 0.1) is 0 Å². The number of amides is 1. The van der Waals surface area contributed by atoms with Crippen LogP contribution in [0.25, 0.3) is 11.3 Å². The number of nitrogens with zero attached hydrogens (tertiary/aromatic N) is 2. The second kappa shape index (κ2) is 8.87. The quantitative estimate of drug-likeness (QED) is 0.397. The van der Waals surface area contributed by atoms with Crippen LogP contribution in [0.1, 0.15) is 6.92 Å². The Bertz CT molecular complexity index is 1150. The van der Waals surface area contributed by atoms with Gasteiger partial charge in [-0.15, -0.1) is 0 Å². The fourth-order valence-electron chi connectivity index (χ4n) is 3.00. The van der Waals surface area contributed by atoms with E-state index in [1.165, 1.54) is 6.92 Å². The molecule has 1 amide bonds. The first-order valence-corrected chi connectivity index (χ1v) is 9.57. The molecule has 3 N–H and O–H groups in total. The lowest BCUT2D eigenvalue weighted by Crippen LogP contribution is -2.06. The molecule has 148 valence electrons. The highest BCUT2D eigenvalue weighted by molar-refractivity contribution is 5.89. The van der Waals surface area contributed by atoms with Crippen molar-refractivity contribution in [2.45, 2.75) is 6.92 Å².